The summed E-state index contributed by atoms with van der Waals surface area (Å²) < 4.78 is 0. The van der Waals surface area contributed by atoms with E-state index in [4.69, 9.17) is 0 Å². The highest BCUT2D eigenvalue weighted by molar-refractivity contribution is 5.84. The molecule has 1 nitrogen and oxygen atoms in total. The molecule has 0 heterocycles. The van der Waals surface area contributed by atoms with Crippen LogP contribution in [0.15, 0.2) is 0 Å². The van der Waals surface area contributed by atoms with Gasteiger partial charge in [0.05, 0.1) is 0 Å². The molecule has 0 bridgehead atoms. The first-order chi connectivity index (χ1) is 6.40. The van der Waals surface area contributed by atoms with Crippen LogP contribution in [0, 0.1) is 10.8 Å². The molecular formula is C13H24O. The molecule has 14 heavy (non-hydrogen) atoms. The molecule has 1 aliphatic carbocycles. The number of hydrogen-bond donors (Lipinski definition) is 0. The van der Waals surface area contributed by atoms with Gasteiger partial charge in [-0.25, -0.2) is 0 Å². The van der Waals surface area contributed by atoms with Crippen LogP contribution >= 0.6 is 0 Å². The Hall–Kier alpha value is -0.330. The highest BCUT2D eigenvalue weighted by Gasteiger charge is 2.35. The molecule has 0 N–H and O–H groups in total. The highest BCUT2D eigenvalue weighted by Crippen LogP contribution is 2.42. The van der Waals surface area contributed by atoms with Crippen molar-refractivity contribution in [1.29, 1.82) is 0 Å². The quantitative estimate of drug-likeness (QED) is 0.665. The summed E-state index contributed by atoms with van der Waals surface area (Å²) in [5, 5.41) is 0. The van der Waals surface area contributed by atoms with Gasteiger partial charge in [0.25, 0.3) is 0 Å². The normalized spacial score (nSPS) is 21.1. The molecule has 0 spiro atoms. The second-order valence-corrected chi connectivity index (χ2v) is 5.86. The van der Waals surface area contributed by atoms with Crippen LogP contribution in [0.2, 0.25) is 0 Å². The van der Waals surface area contributed by atoms with E-state index < -0.39 is 0 Å². The molecule has 1 fully saturated rings. The Morgan fingerprint density at radius 2 is 1.79 bits per heavy atom. The first-order valence-electron chi connectivity index (χ1n) is 5.93. The summed E-state index contributed by atoms with van der Waals surface area (Å²) in [4.78, 5) is 12.1. The zero-order valence-corrected chi connectivity index (χ0v) is 10.2. The number of carbonyl (C=O) groups is 1. The Balaban J connectivity index is 2.55. The molecule has 0 unspecified atom stereocenters. The van der Waals surface area contributed by atoms with E-state index in [0.29, 0.717) is 11.2 Å². The van der Waals surface area contributed by atoms with Crippen molar-refractivity contribution in [3.63, 3.8) is 0 Å². The van der Waals surface area contributed by atoms with Gasteiger partial charge in [0.15, 0.2) is 0 Å². The first-order valence-corrected chi connectivity index (χ1v) is 5.93. The van der Waals surface area contributed by atoms with Crippen LogP contribution in [0.4, 0.5) is 0 Å². The zero-order valence-electron chi connectivity index (χ0n) is 10.2. The minimum Gasteiger partial charge on any atom is -0.299 e. The Morgan fingerprint density at radius 3 is 2.21 bits per heavy atom. The van der Waals surface area contributed by atoms with Crippen molar-refractivity contribution in [2.45, 2.75) is 66.2 Å². The van der Waals surface area contributed by atoms with Crippen molar-refractivity contribution in [2.24, 2.45) is 10.8 Å². The average molecular weight is 196 g/mol. The predicted octanol–water partition coefficient (Wildman–Crippen LogP) is 3.96. The molecule has 0 amide bonds. The smallest absolute Gasteiger partial charge is 0.139 e. The number of Topliss-reactive ketones (excluding diaryl/α,β-unsaturated/α-hetero) is 1. The lowest BCUT2D eigenvalue weighted by atomic mass is 9.75. The maximum Gasteiger partial charge on any atom is 0.139 e. The van der Waals surface area contributed by atoms with Crippen LogP contribution < -0.4 is 0 Å². The van der Waals surface area contributed by atoms with Crippen molar-refractivity contribution in [1.82, 2.24) is 0 Å². The largest absolute Gasteiger partial charge is 0.299 e. The minimum atomic E-state index is -0.106. The van der Waals surface area contributed by atoms with E-state index in [1.807, 2.05) is 0 Å². The molecule has 1 aliphatic rings. The maximum absolute atomic E-state index is 12.1. The van der Waals surface area contributed by atoms with E-state index in [0.717, 1.165) is 12.8 Å². The lowest BCUT2D eigenvalue weighted by molar-refractivity contribution is -0.129. The van der Waals surface area contributed by atoms with Crippen LogP contribution in [0.3, 0.4) is 0 Å². The summed E-state index contributed by atoms with van der Waals surface area (Å²) in [6.07, 6.45) is 6.89. The van der Waals surface area contributed by atoms with Crippen molar-refractivity contribution >= 4 is 5.78 Å². The topological polar surface area (TPSA) is 17.1 Å². The zero-order chi connectivity index (χ0) is 10.8. The summed E-state index contributed by atoms with van der Waals surface area (Å²) in [6, 6.07) is 0. The molecule has 1 saturated carbocycles. The molecule has 0 aromatic carbocycles. The van der Waals surface area contributed by atoms with Gasteiger partial charge >= 0.3 is 0 Å². The second kappa shape index (κ2) is 4.04. The molecule has 0 saturated heterocycles. The van der Waals surface area contributed by atoms with Crippen LogP contribution in [0.1, 0.15) is 66.2 Å². The molecule has 0 radical (unpaired) electrons. The minimum absolute atomic E-state index is 0.106. The third kappa shape index (κ3) is 2.59. The number of carbonyl (C=O) groups excluding carboxylic acids is 1. The number of rotatable bonds is 4. The van der Waals surface area contributed by atoms with Gasteiger partial charge in [-0.1, -0.05) is 40.5 Å². The van der Waals surface area contributed by atoms with Crippen LogP contribution in [-0.4, -0.2) is 5.78 Å². The molecule has 1 rings (SSSR count). The van der Waals surface area contributed by atoms with Crippen LogP contribution in [0.5, 0.6) is 0 Å². The fourth-order valence-corrected chi connectivity index (χ4v) is 2.23. The fraction of sp³-hybridized carbons (Fsp3) is 0.923. The SMILES string of the molecule is CCC(C)(C)C(=O)CC1(C)CCCC1. The molecule has 0 aliphatic heterocycles. The number of ketones is 1. The Labute approximate surface area is 88.3 Å². The summed E-state index contributed by atoms with van der Waals surface area (Å²) in [5.74, 6) is 0.462. The molecule has 0 aromatic heterocycles. The van der Waals surface area contributed by atoms with Crippen LogP contribution in [-0.2, 0) is 4.79 Å². The molecule has 0 atom stereocenters. The van der Waals surface area contributed by atoms with Gasteiger partial charge in [0.1, 0.15) is 5.78 Å². The first kappa shape index (κ1) is 11.7. The predicted molar refractivity (Wildman–Crippen MR) is 60.3 cm³/mol. The van der Waals surface area contributed by atoms with E-state index in [1.54, 1.807) is 0 Å². The van der Waals surface area contributed by atoms with Gasteiger partial charge < -0.3 is 0 Å². The summed E-state index contributed by atoms with van der Waals surface area (Å²) in [6.45, 7) is 8.54. The van der Waals surface area contributed by atoms with Crippen molar-refractivity contribution < 1.29 is 4.79 Å². The number of hydrogen-bond acceptors (Lipinski definition) is 1. The summed E-state index contributed by atoms with van der Waals surface area (Å²) in [5.41, 5.74) is 0.217. The third-order valence-electron chi connectivity index (χ3n) is 4.04. The summed E-state index contributed by atoms with van der Waals surface area (Å²) >= 11 is 0. The Bertz CT molecular complexity index is 209. The molecular weight excluding hydrogens is 172 g/mol. The lowest BCUT2D eigenvalue weighted by Crippen LogP contribution is -2.28. The van der Waals surface area contributed by atoms with Gasteiger partial charge in [0.2, 0.25) is 0 Å². The van der Waals surface area contributed by atoms with Gasteiger partial charge in [-0.2, -0.15) is 0 Å². The van der Waals surface area contributed by atoms with Gasteiger partial charge in [0, 0.05) is 11.8 Å². The standard InChI is InChI=1S/C13H24O/c1-5-12(2,3)11(14)10-13(4)8-6-7-9-13/h5-10H2,1-4H3. The van der Waals surface area contributed by atoms with Gasteiger partial charge in [-0.05, 0) is 24.7 Å². The lowest BCUT2D eigenvalue weighted by Gasteiger charge is -2.28. The van der Waals surface area contributed by atoms with E-state index in [2.05, 4.69) is 27.7 Å². The second-order valence-electron chi connectivity index (χ2n) is 5.86. The van der Waals surface area contributed by atoms with Crippen molar-refractivity contribution in [3.8, 4) is 0 Å². The third-order valence-corrected chi connectivity index (χ3v) is 4.04. The van der Waals surface area contributed by atoms with E-state index in [-0.39, 0.29) is 5.41 Å². The molecule has 1 heteroatoms. The Morgan fingerprint density at radius 1 is 1.29 bits per heavy atom. The van der Waals surface area contributed by atoms with Gasteiger partial charge in [-0.3, -0.25) is 4.79 Å². The average Bonchev–Trinajstić information content (AvgIpc) is 2.52. The highest BCUT2D eigenvalue weighted by atomic mass is 16.1. The molecule has 82 valence electrons. The monoisotopic (exact) mass is 196 g/mol. The van der Waals surface area contributed by atoms with Crippen molar-refractivity contribution in [2.75, 3.05) is 0 Å². The molecule has 0 aromatic rings. The maximum atomic E-state index is 12.1. The van der Waals surface area contributed by atoms with Gasteiger partial charge in [-0.15, -0.1) is 0 Å². The fourth-order valence-electron chi connectivity index (χ4n) is 2.23. The van der Waals surface area contributed by atoms with E-state index in [1.165, 1.54) is 25.7 Å². The van der Waals surface area contributed by atoms with Crippen LogP contribution in [0.25, 0.3) is 0 Å². The van der Waals surface area contributed by atoms with Crippen molar-refractivity contribution in [3.05, 3.63) is 0 Å². The Kier molecular flexibility index (Phi) is 3.39. The van der Waals surface area contributed by atoms with E-state index >= 15 is 0 Å². The summed E-state index contributed by atoms with van der Waals surface area (Å²) in [7, 11) is 0. The van der Waals surface area contributed by atoms with E-state index in [9.17, 15) is 4.79 Å².